The SMILES string of the molecule is C[C@@H]1CN(CC(N)C23CC4CC(CC(C4)C2)C3)C[C@H](C)O1. The molecule has 0 radical (unpaired) electrons. The predicted octanol–water partition coefficient (Wildman–Crippen LogP) is 2.64. The minimum Gasteiger partial charge on any atom is -0.373 e. The third-order valence-electron chi connectivity index (χ3n) is 6.82. The summed E-state index contributed by atoms with van der Waals surface area (Å²) in [6.07, 6.45) is 9.53. The van der Waals surface area contributed by atoms with E-state index in [1.54, 1.807) is 0 Å². The summed E-state index contributed by atoms with van der Waals surface area (Å²) in [7, 11) is 0. The zero-order valence-corrected chi connectivity index (χ0v) is 13.8. The Morgan fingerprint density at radius 1 is 1.00 bits per heavy atom. The lowest BCUT2D eigenvalue weighted by molar-refractivity contribution is -0.0937. The van der Waals surface area contributed by atoms with Gasteiger partial charge in [0.1, 0.15) is 0 Å². The quantitative estimate of drug-likeness (QED) is 0.869. The summed E-state index contributed by atoms with van der Waals surface area (Å²) in [5.74, 6) is 3.01. The van der Waals surface area contributed by atoms with E-state index in [4.69, 9.17) is 10.5 Å². The van der Waals surface area contributed by atoms with Crippen molar-refractivity contribution in [2.75, 3.05) is 19.6 Å². The molecule has 0 aromatic heterocycles. The van der Waals surface area contributed by atoms with Crippen molar-refractivity contribution < 1.29 is 4.74 Å². The number of morpholine rings is 1. The molecule has 0 spiro atoms. The number of nitrogens with zero attached hydrogens (tertiary/aromatic N) is 1. The van der Waals surface area contributed by atoms with E-state index in [9.17, 15) is 0 Å². The van der Waals surface area contributed by atoms with Gasteiger partial charge in [-0.3, -0.25) is 4.90 Å². The molecule has 4 saturated carbocycles. The lowest BCUT2D eigenvalue weighted by Gasteiger charge is -2.59. The Kier molecular flexibility index (Phi) is 3.59. The van der Waals surface area contributed by atoms with Gasteiger partial charge < -0.3 is 10.5 Å². The second-order valence-electron chi connectivity index (χ2n) is 8.86. The maximum absolute atomic E-state index is 6.81. The Bertz CT molecular complexity index is 351. The first kappa shape index (κ1) is 14.5. The topological polar surface area (TPSA) is 38.5 Å². The molecule has 1 heterocycles. The largest absolute Gasteiger partial charge is 0.373 e. The minimum absolute atomic E-state index is 0.359. The van der Waals surface area contributed by atoms with Gasteiger partial charge in [0.05, 0.1) is 12.2 Å². The average Bonchev–Trinajstić information content (AvgIpc) is 2.35. The van der Waals surface area contributed by atoms with Crippen molar-refractivity contribution in [3.8, 4) is 0 Å². The average molecular weight is 292 g/mol. The Morgan fingerprint density at radius 2 is 1.48 bits per heavy atom. The van der Waals surface area contributed by atoms with Crippen LogP contribution in [0.2, 0.25) is 0 Å². The first-order valence-electron chi connectivity index (χ1n) is 9.16. The standard InChI is InChI=1S/C18H32N2O/c1-12-9-20(10-13(2)21-12)11-17(19)18-6-14-3-15(7-18)5-16(4-14)8-18/h12-17H,3-11,19H2,1-2H3/t12-,13+,14?,15?,16?,17?,18?. The maximum Gasteiger partial charge on any atom is 0.0678 e. The highest BCUT2D eigenvalue weighted by molar-refractivity contribution is 5.06. The molecule has 3 atom stereocenters. The summed E-state index contributed by atoms with van der Waals surface area (Å²) in [5, 5.41) is 0. The van der Waals surface area contributed by atoms with Crippen LogP contribution >= 0.6 is 0 Å². The molecule has 3 heteroatoms. The number of hydrogen-bond acceptors (Lipinski definition) is 3. The van der Waals surface area contributed by atoms with E-state index >= 15 is 0 Å². The maximum atomic E-state index is 6.81. The van der Waals surface area contributed by atoms with E-state index in [-0.39, 0.29) is 0 Å². The molecule has 0 aromatic rings. The highest BCUT2D eigenvalue weighted by Crippen LogP contribution is 2.61. The molecule has 4 bridgehead atoms. The normalized spacial score (nSPS) is 51.3. The summed E-state index contributed by atoms with van der Waals surface area (Å²) in [6, 6.07) is 0.378. The molecule has 0 aromatic carbocycles. The van der Waals surface area contributed by atoms with E-state index in [1.807, 2.05) is 0 Å². The molecule has 1 unspecified atom stereocenters. The summed E-state index contributed by atoms with van der Waals surface area (Å²) >= 11 is 0. The minimum atomic E-state index is 0.359. The van der Waals surface area contributed by atoms with Crippen LogP contribution in [0.15, 0.2) is 0 Å². The van der Waals surface area contributed by atoms with Gasteiger partial charge in [-0.2, -0.15) is 0 Å². The van der Waals surface area contributed by atoms with Gasteiger partial charge in [0.25, 0.3) is 0 Å². The van der Waals surface area contributed by atoms with Crippen LogP contribution in [-0.4, -0.2) is 42.8 Å². The van der Waals surface area contributed by atoms with Crippen molar-refractivity contribution in [1.29, 1.82) is 0 Å². The number of rotatable bonds is 3. The zero-order valence-electron chi connectivity index (χ0n) is 13.8. The van der Waals surface area contributed by atoms with Crippen molar-refractivity contribution >= 4 is 0 Å². The van der Waals surface area contributed by atoms with Crippen LogP contribution < -0.4 is 5.73 Å². The fourth-order valence-electron chi connectivity index (χ4n) is 6.54. The van der Waals surface area contributed by atoms with E-state index in [0.29, 0.717) is 23.7 Å². The van der Waals surface area contributed by atoms with Gasteiger partial charge in [-0.1, -0.05) is 0 Å². The van der Waals surface area contributed by atoms with Crippen molar-refractivity contribution in [3.05, 3.63) is 0 Å². The molecule has 4 aliphatic carbocycles. The molecular weight excluding hydrogens is 260 g/mol. The Balaban J connectivity index is 1.44. The van der Waals surface area contributed by atoms with Crippen LogP contribution in [0.5, 0.6) is 0 Å². The second kappa shape index (κ2) is 5.21. The van der Waals surface area contributed by atoms with E-state index < -0.39 is 0 Å². The van der Waals surface area contributed by atoms with Gasteiger partial charge in [-0.15, -0.1) is 0 Å². The Morgan fingerprint density at radius 3 is 1.95 bits per heavy atom. The first-order chi connectivity index (χ1) is 10.0. The van der Waals surface area contributed by atoms with Gasteiger partial charge in [-0.25, -0.2) is 0 Å². The van der Waals surface area contributed by atoms with Crippen LogP contribution in [0.1, 0.15) is 52.4 Å². The van der Waals surface area contributed by atoms with Gasteiger partial charge in [0.2, 0.25) is 0 Å². The van der Waals surface area contributed by atoms with E-state index in [2.05, 4.69) is 18.7 Å². The van der Waals surface area contributed by atoms with Crippen LogP contribution in [0.25, 0.3) is 0 Å². The van der Waals surface area contributed by atoms with Gasteiger partial charge in [0.15, 0.2) is 0 Å². The third-order valence-corrected chi connectivity index (χ3v) is 6.82. The van der Waals surface area contributed by atoms with Crippen LogP contribution in [-0.2, 0) is 4.74 Å². The van der Waals surface area contributed by atoms with Crippen molar-refractivity contribution in [2.24, 2.45) is 28.9 Å². The second-order valence-corrected chi connectivity index (χ2v) is 8.86. The Labute approximate surface area is 129 Å². The summed E-state index contributed by atoms with van der Waals surface area (Å²) in [4.78, 5) is 2.57. The van der Waals surface area contributed by atoms with Crippen molar-refractivity contribution in [1.82, 2.24) is 4.90 Å². The van der Waals surface area contributed by atoms with Gasteiger partial charge in [-0.05, 0) is 75.5 Å². The molecule has 21 heavy (non-hydrogen) atoms. The van der Waals surface area contributed by atoms with Crippen LogP contribution in [0.3, 0.4) is 0 Å². The molecular formula is C18H32N2O. The fraction of sp³-hybridized carbons (Fsp3) is 1.00. The predicted molar refractivity (Wildman–Crippen MR) is 85.0 cm³/mol. The highest BCUT2D eigenvalue weighted by atomic mass is 16.5. The number of ether oxygens (including phenoxy) is 1. The smallest absolute Gasteiger partial charge is 0.0678 e. The molecule has 1 aliphatic heterocycles. The molecule has 0 amide bonds. The summed E-state index contributed by atoms with van der Waals surface area (Å²) < 4.78 is 5.86. The summed E-state index contributed by atoms with van der Waals surface area (Å²) in [6.45, 7) is 7.59. The third kappa shape index (κ3) is 2.66. The monoisotopic (exact) mass is 292 g/mol. The summed E-state index contributed by atoms with van der Waals surface area (Å²) in [5.41, 5.74) is 7.30. The lowest BCUT2D eigenvalue weighted by atomic mass is 9.48. The first-order valence-corrected chi connectivity index (χ1v) is 9.16. The molecule has 2 N–H and O–H groups in total. The van der Waals surface area contributed by atoms with E-state index in [0.717, 1.165) is 37.4 Å². The lowest BCUT2D eigenvalue weighted by Crippen LogP contribution is -2.59. The van der Waals surface area contributed by atoms with Crippen LogP contribution in [0, 0.1) is 23.2 Å². The highest BCUT2D eigenvalue weighted by Gasteiger charge is 2.53. The van der Waals surface area contributed by atoms with Crippen molar-refractivity contribution in [2.45, 2.75) is 70.6 Å². The molecule has 5 aliphatic rings. The molecule has 3 nitrogen and oxygen atoms in total. The zero-order chi connectivity index (χ0) is 14.6. The molecule has 5 fully saturated rings. The Hall–Kier alpha value is -0.120. The van der Waals surface area contributed by atoms with Gasteiger partial charge in [0, 0.05) is 25.7 Å². The molecule has 120 valence electrons. The van der Waals surface area contributed by atoms with E-state index in [1.165, 1.54) is 38.5 Å². The molecule has 5 rings (SSSR count). The molecule has 1 saturated heterocycles. The number of hydrogen-bond donors (Lipinski definition) is 1. The van der Waals surface area contributed by atoms with Crippen LogP contribution in [0.4, 0.5) is 0 Å². The van der Waals surface area contributed by atoms with Crippen molar-refractivity contribution in [3.63, 3.8) is 0 Å². The van der Waals surface area contributed by atoms with Gasteiger partial charge >= 0.3 is 0 Å². The fourth-order valence-corrected chi connectivity index (χ4v) is 6.54. The number of nitrogens with two attached hydrogens (primary N) is 1.